The lowest BCUT2D eigenvalue weighted by Crippen LogP contribution is -2.20. The van der Waals surface area contributed by atoms with Gasteiger partial charge in [-0.15, -0.1) is 10.2 Å². The van der Waals surface area contributed by atoms with Crippen LogP contribution < -0.4 is 10.6 Å². The molecular formula is C10H6F2N4O3S. The first-order valence-corrected chi connectivity index (χ1v) is 5.92. The maximum absolute atomic E-state index is 13.4. The van der Waals surface area contributed by atoms with Crippen LogP contribution >= 0.6 is 11.3 Å². The fourth-order valence-corrected chi connectivity index (χ4v) is 1.73. The molecule has 10 heteroatoms. The highest BCUT2D eigenvalue weighted by Crippen LogP contribution is 2.20. The van der Waals surface area contributed by atoms with Crippen LogP contribution in [-0.4, -0.2) is 27.3 Å². The van der Waals surface area contributed by atoms with Crippen LogP contribution in [0.3, 0.4) is 0 Å². The third-order valence-corrected chi connectivity index (χ3v) is 2.72. The second-order valence-electron chi connectivity index (χ2n) is 3.44. The molecule has 2 aromatic rings. The summed E-state index contributed by atoms with van der Waals surface area (Å²) in [6.07, 6.45) is 0. The number of nitrogens with zero attached hydrogens (tertiary/aromatic N) is 2. The topological polar surface area (TPSA) is 104 Å². The second-order valence-corrected chi connectivity index (χ2v) is 4.27. The zero-order valence-corrected chi connectivity index (χ0v) is 10.4. The molecule has 0 aliphatic carbocycles. The largest absolute Gasteiger partial charge is 0.478 e. The number of hydrogen-bond acceptors (Lipinski definition) is 5. The van der Waals surface area contributed by atoms with Gasteiger partial charge in [0.25, 0.3) is 0 Å². The summed E-state index contributed by atoms with van der Waals surface area (Å²) in [6, 6.07) is 0.208. The predicted octanol–water partition coefficient (Wildman–Crippen LogP) is 2.16. The molecular weight excluding hydrogens is 294 g/mol. The fourth-order valence-electron chi connectivity index (χ4n) is 1.29. The van der Waals surface area contributed by atoms with Gasteiger partial charge in [-0.3, -0.25) is 5.32 Å². The molecule has 7 nitrogen and oxygen atoms in total. The third-order valence-electron chi connectivity index (χ3n) is 2.12. The number of carboxylic acid groups (broad SMARTS) is 1. The monoisotopic (exact) mass is 300 g/mol. The number of carbonyl (C=O) groups is 2. The van der Waals surface area contributed by atoms with E-state index in [1.165, 1.54) is 5.51 Å². The molecule has 2 amide bonds. The van der Waals surface area contributed by atoms with Crippen molar-refractivity contribution in [1.82, 2.24) is 10.2 Å². The number of carbonyl (C=O) groups excluding carboxylic acids is 1. The lowest BCUT2D eigenvalue weighted by Gasteiger charge is -2.08. The summed E-state index contributed by atoms with van der Waals surface area (Å²) < 4.78 is 26.6. The van der Waals surface area contributed by atoms with Gasteiger partial charge in [-0.1, -0.05) is 11.3 Å². The standard InChI is InChI=1S/C10H6F2N4O3S/c11-5-2-6(12)7(1-4(5)8(17)18)14-9(19)15-10-16-13-3-20-10/h1-3H,(H,17,18)(H2,14,15,16,19). The van der Waals surface area contributed by atoms with Crippen LogP contribution in [0.5, 0.6) is 0 Å². The molecule has 0 radical (unpaired) electrons. The van der Waals surface area contributed by atoms with Crippen molar-refractivity contribution < 1.29 is 23.5 Å². The molecule has 0 saturated carbocycles. The summed E-state index contributed by atoms with van der Waals surface area (Å²) in [6.45, 7) is 0. The summed E-state index contributed by atoms with van der Waals surface area (Å²) in [7, 11) is 0. The minimum absolute atomic E-state index is 0.170. The van der Waals surface area contributed by atoms with Gasteiger partial charge in [-0.2, -0.15) is 0 Å². The van der Waals surface area contributed by atoms with E-state index < -0.39 is 34.9 Å². The van der Waals surface area contributed by atoms with Gasteiger partial charge in [0.15, 0.2) is 0 Å². The lowest BCUT2D eigenvalue weighted by molar-refractivity contribution is 0.0692. The number of anilines is 2. The number of nitrogens with one attached hydrogen (secondary N) is 2. The van der Waals surface area contributed by atoms with Crippen LogP contribution in [0.4, 0.5) is 24.4 Å². The van der Waals surface area contributed by atoms with Gasteiger partial charge in [0.1, 0.15) is 17.1 Å². The Balaban J connectivity index is 2.18. The number of benzene rings is 1. The Morgan fingerprint density at radius 2 is 1.95 bits per heavy atom. The molecule has 0 aliphatic rings. The minimum atomic E-state index is -1.57. The van der Waals surface area contributed by atoms with E-state index in [0.29, 0.717) is 12.1 Å². The maximum Gasteiger partial charge on any atom is 0.338 e. The highest BCUT2D eigenvalue weighted by atomic mass is 32.1. The lowest BCUT2D eigenvalue weighted by atomic mass is 10.2. The molecule has 20 heavy (non-hydrogen) atoms. The van der Waals surface area contributed by atoms with E-state index in [4.69, 9.17) is 5.11 Å². The summed E-state index contributed by atoms with van der Waals surface area (Å²) in [5.41, 5.74) is 0.153. The molecule has 104 valence electrons. The number of aromatic nitrogens is 2. The Hall–Kier alpha value is -2.62. The minimum Gasteiger partial charge on any atom is -0.478 e. The number of carboxylic acids is 1. The van der Waals surface area contributed by atoms with Crippen molar-refractivity contribution in [2.24, 2.45) is 0 Å². The summed E-state index contributed by atoms with van der Waals surface area (Å²) in [5, 5.41) is 20.2. The fraction of sp³-hybridized carbons (Fsp3) is 0. The molecule has 0 aliphatic heterocycles. The predicted molar refractivity (Wildman–Crippen MR) is 65.9 cm³/mol. The summed E-state index contributed by atoms with van der Waals surface area (Å²) in [5.74, 6) is -3.90. The normalized spacial score (nSPS) is 10.1. The van der Waals surface area contributed by atoms with Crippen LogP contribution in [0.1, 0.15) is 10.4 Å². The van der Waals surface area contributed by atoms with E-state index in [1.807, 2.05) is 0 Å². The van der Waals surface area contributed by atoms with Crippen LogP contribution in [0.2, 0.25) is 0 Å². The van der Waals surface area contributed by atoms with Crippen molar-refractivity contribution in [3.63, 3.8) is 0 Å². The van der Waals surface area contributed by atoms with Crippen molar-refractivity contribution in [3.8, 4) is 0 Å². The highest BCUT2D eigenvalue weighted by molar-refractivity contribution is 7.13. The second kappa shape index (κ2) is 5.57. The van der Waals surface area contributed by atoms with E-state index in [9.17, 15) is 18.4 Å². The molecule has 0 saturated heterocycles. The van der Waals surface area contributed by atoms with Gasteiger partial charge < -0.3 is 10.4 Å². The Bertz CT molecular complexity index is 663. The van der Waals surface area contributed by atoms with Gasteiger partial charge in [0, 0.05) is 6.07 Å². The van der Waals surface area contributed by atoms with E-state index >= 15 is 0 Å². The van der Waals surface area contributed by atoms with Crippen molar-refractivity contribution in [1.29, 1.82) is 0 Å². The molecule has 3 N–H and O–H groups in total. The summed E-state index contributed by atoms with van der Waals surface area (Å²) >= 11 is 1.03. The number of halogens is 2. The molecule has 0 spiro atoms. The molecule has 1 aromatic carbocycles. The van der Waals surface area contributed by atoms with Gasteiger partial charge >= 0.3 is 12.0 Å². The summed E-state index contributed by atoms with van der Waals surface area (Å²) in [4.78, 5) is 22.2. The van der Waals surface area contributed by atoms with E-state index in [0.717, 1.165) is 11.3 Å². The van der Waals surface area contributed by atoms with Crippen molar-refractivity contribution in [2.45, 2.75) is 0 Å². The van der Waals surface area contributed by atoms with Crippen molar-refractivity contribution >= 4 is 34.2 Å². The Kier molecular flexibility index (Phi) is 3.84. The van der Waals surface area contributed by atoms with Gasteiger partial charge in [-0.05, 0) is 6.07 Å². The van der Waals surface area contributed by atoms with Crippen LogP contribution in [0.15, 0.2) is 17.6 Å². The first-order chi connectivity index (χ1) is 9.47. The first kappa shape index (κ1) is 13.8. The molecule has 1 aromatic heterocycles. The zero-order chi connectivity index (χ0) is 14.7. The van der Waals surface area contributed by atoms with Gasteiger partial charge in [0.2, 0.25) is 5.13 Å². The highest BCUT2D eigenvalue weighted by Gasteiger charge is 2.16. The zero-order valence-electron chi connectivity index (χ0n) is 9.55. The van der Waals surface area contributed by atoms with Crippen LogP contribution in [0.25, 0.3) is 0 Å². The smallest absolute Gasteiger partial charge is 0.338 e. The molecule has 1 heterocycles. The SMILES string of the molecule is O=C(Nc1nncs1)Nc1cc(C(=O)O)c(F)cc1F. The number of hydrogen-bond donors (Lipinski definition) is 3. The van der Waals surface area contributed by atoms with Crippen LogP contribution in [-0.2, 0) is 0 Å². The van der Waals surface area contributed by atoms with E-state index in [1.54, 1.807) is 0 Å². The molecule has 0 bridgehead atoms. The number of aromatic carboxylic acids is 1. The quantitative estimate of drug-likeness (QED) is 0.805. The Morgan fingerprint density at radius 3 is 2.55 bits per heavy atom. The first-order valence-electron chi connectivity index (χ1n) is 5.04. The van der Waals surface area contributed by atoms with Gasteiger partial charge in [0.05, 0.1) is 11.3 Å². The van der Waals surface area contributed by atoms with Crippen molar-refractivity contribution in [3.05, 3.63) is 34.8 Å². The Labute approximate surface area is 114 Å². The number of urea groups is 1. The van der Waals surface area contributed by atoms with E-state index in [-0.39, 0.29) is 5.13 Å². The average Bonchev–Trinajstić information content (AvgIpc) is 2.84. The van der Waals surface area contributed by atoms with Crippen LogP contribution in [0, 0.1) is 11.6 Å². The Morgan fingerprint density at radius 1 is 1.20 bits per heavy atom. The van der Waals surface area contributed by atoms with Crippen molar-refractivity contribution in [2.75, 3.05) is 10.6 Å². The molecule has 2 rings (SSSR count). The molecule has 0 atom stereocenters. The number of amides is 2. The van der Waals surface area contributed by atoms with Gasteiger partial charge in [-0.25, -0.2) is 18.4 Å². The number of rotatable bonds is 3. The third kappa shape index (κ3) is 3.03. The van der Waals surface area contributed by atoms with E-state index in [2.05, 4.69) is 20.8 Å². The molecule has 0 fully saturated rings. The average molecular weight is 300 g/mol. The maximum atomic E-state index is 13.4. The molecule has 0 unspecified atom stereocenters.